The van der Waals surface area contributed by atoms with Gasteiger partial charge in [-0.1, -0.05) is 0 Å². The van der Waals surface area contributed by atoms with Crippen LogP contribution >= 0.6 is 0 Å². The summed E-state index contributed by atoms with van der Waals surface area (Å²) in [6.45, 7) is 10.7. The Bertz CT molecular complexity index is 212. The monoisotopic (exact) mass is 213 g/mol. The van der Waals surface area contributed by atoms with Gasteiger partial charge in [-0.15, -0.1) is 0 Å². The third kappa shape index (κ3) is 4.31. The van der Waals surface area contributed by atoms with Crippen LogP contribution in [0.5, 0.6) is 0 Å². The maximum absolute atomic E-state index is 10.8. The molecular formula is C12H23NO2. The van der Waals surface area contributed by atoms with Gasteiger partial charge in [0.1, 0.15) is 6.61 Å². The zero-order valence-corrected chi connectivity index (χ0v) is 10.4. The standard InChI is InChI=1S/C12H23NO2/c1-10(14)9-15-11-5-7-13(8-6-11)12(2,3)4/h11H,5-9H2,1-4H3. The molecule has 0 unspecified atom stereocenters. The minimum atomic E-state index is 0.119. The van der Waals surface area contributed by atoms with Gasteiger partial charge in [0.15, 0.2) is 5.78 Å². The SMILES string of the molecule is CC(=O)COC1CCN(C(C)(C)C)CC1. The highest BCUT2D eigenvalue weighted by Gasteiger charge is 2.27. The molecule has 0 spiro atoms. The lowest BCUT2D eigenvalue weighted by Gasteiger charge is -2.40. The predicted octanol–water partition coefficient (Wildman–Crippen LogP) is 1.85. The highest BCUT2D eigenvalue weighted by atomic mass is 16.5. The van der Waals surface area contributed by atoms with Crippen LogP contribution in [-0.2, 0) is 9.53 Å². The van der Waals surface area contributed by atoms with Crippen molar-refractivity contribution in [2.24, 2.45) is 0 Å². The van der Waals surface area contributed by atoms with Crippen LogP contribution in [0.15, 0.2) is 0 Å². The van der Waals surface area contributed by atoms with Gasteiger partial charge in [0.25, 0.3) is 0 Å². The van der Waals surface area contributed by atoms with E-state index in [0.717, 1.165) is 25.9 Å². The third-order valence-corrected chi connectivity index (χ3v) is 2.91. The summed E-state index contributed by atoms with van der Waals surface area (Å²) in [5.74, 6) is 0.119. The number of nitrogens with zero attached hydrogens (tertiary/aromatic N) is 1. The number of ketones is 1. The van der Waals surface area contributed by atoms with Gasteiger partial charge in [-0.2, -0.15) is 0 Å². The number of Topliss-reactive ketones (excluding diaryl/α,β-unsaturated/α-hetero) is 1. The van der Waals surface area contributed by atoms with Crippen molar-refractivity contribution in [1.29, 1.82) is 0 Å². The summed E-state index contributed by atoms with van der Waals surface area (Å²) in [7, 11) is 0. The molecule has 15 heavy (non-hydrogen) atoms. The first kappa shape index (κ1) is 12.7. The molecule has 0 aromatic rings. The Hall–Kier alpha value is -0.410. The van der Waals surface area contributed by atoms with Gasteiger partial charge in [-0.3, -0.25) is 9.69 Å². The van der Waals surface area contributed by atoms with Gasteiger partial charge in [0.2, 0.25) is 0 Å². The second-order valence-corrected chi connectivity index (χ2v) is 5.37. The van der Waals surface area contributed by atoms with E-state index in [9.17, 15) is 4.79 Å². The van der Waals surface area contributed by atoms with E-state index in [1.54, 1.807) is 6.92 Å². The molecule has 3 nitrogen and oxygen atoms in total. The molecule has 3 heteroatoms. The van der Waals surface area contributed by atoms with E-state index in [1.807, 2.05) is 0 Å². The van der Waals surface area contributed by atoms with E-state index >= 15 is 0 Å². The van der Waals surface area contributed by atoms with E-state index in [2.05, 4.69) is 25.7 Å². The largest absolute Gasteiger partial charge is 0.370 e. The molecule has 88 valence electrons. The van der Waals surface area contributed by atoms with Crippen LogP contribution in [0.4, 0.5) is 0 Å². The summed E-state index contributed by atoms with van der Waals surface area (Å²) in [5.41, 5.74) is 0.256. The Kier molecular flexibility index (Phi) is 4.29. The van der Waals surface area contributed by atoms with Gasteiger partial charge < -0.3 is 4.74 Å². The fraction of sp³-hybridized carbons (Fsp3) is 0.917. The normalized spacial score (nSPS) is 20.5. The molecule has 0 N–H and O–H groups in total. The number of piperidine rings is 1. The molecule has 1 heterocycles. The molecule has 0 aromatic heterocycles. The number of likely N-dealkylation sites (tertiary alicyclic amines) is 1. The highest BCUT2D eigenvalue weighted by molar-refractivity contribution is 5.76. The van der Waals surface area contributed by atoms with Crippen LogP contribution in [0.2, 0.25) is 0 Å². The van der Waals surface area contributed by atoms with E-state index in [0.29, 0.717) is 0 Å². The lowest BCUT2D eigenvalue weighted by atomic mass is 9.99. The molecular weight excluding hydrogens is 190 g/mol. The number of carbonyl (C=O) groups excluding carboxylic acids is 1. The molecule has 1 saturated heterocycles. The first-order valence-electron chi connectivity index (χ1n) is 5.75. The molecule has 0 bridgehead atoms. The molecule has 1 fully saturated rings. The zero-order valence-electron chi connectivity index (χ0n) is 10.4. The third-order valence-electron chi connectivity index (χ3n) is 2.91. The number of ether oxygens (including phenoxy) is 1. The first-order valence-corrected chi connectivity index (χ1v) is 5.75. The summed E-state index contributed by atoms with van der Waals surface area (Å²) in [6, 6.07) is 0. The second kappa shape index (κ2) is 5.08. The minimum absolute atomic E-state index is 0.119. The summed E-state index contributed by atoms with van der Waals surface area (Å²) < 4.78 is 5.53. The van der Waals surface area contributed by atoms with Crippen molar-refractivity contribution in [3.8, 4) is 0 Å². The van der Waals surface area contributed by atoms with Crippen molar-refractivity contribution >= 4 is 5.78 Å². The number of hydrogen-bond acceptors (Lipinski definition) is 3. The lowest BCUT2D eigenvalue weighted by molar-refractivity contribution is -0.124. The molecule has 1 rings (SSSR count). The van der Waals surface area contributed by atoms with E-state index in [1.165, 1.54) is 0 Å². The Balaban J connectivity index is 2.27. The van der Waals surface area contributed by atoms with Crippen molar-refractivity contribution in [3.05, 3.63) is 0 Å². The maximum Gasteiger partial charge on any atom is 0.155 e. The summed E-state index contributed by atoms with van der Waals surface area (Å²) in [5, 5.41) is 0. The van der Waals surface area contributed by atoms with Crippen LogP contribution in [0.3, 0.4) is 0 Å². The van der Waals surface area contributed by atoms with E-state index in [4.69, 9.17) is 4.74 Å². The highest BCUT2D eigenvalue weighted by Crippen LogP contribution is 2.21. The van der Waals surface area contributed by atoms with Crippen molar-refractivity contribution in [3.63, 3.8) is 0 Å². The molecule has 0 aromatic carbocycles. The van der Waals surface area contributed by atoms with Crippen LogP contribution in [0, 0.1) is 0 Å². The van der Waals surface area contributed by atoms with E-state index < -0.39 is 0 Å². The van der Waals surface area contributed by atoms with E-state index in [-0.39, 0.29) is 24.0 Å². The number of rotatable bonds is 3. The van der Waals surface area contributed by atoms with Crippen LogP contribution in [-0.4, -0.2) is 42.0 Å². The van der Waals surface area contributed by atoms with Crippen LogP contribution in [0.25, 0.3) is 0 Å². The Labute approximate surface area is 92.8 Å². The lowest BCUT2D eigenvalue weighted by Crippen LogP contribution is -2.47. The fourth-order valence-electron chi connectivity index (χ4n) is 1.93. The van der Waals surface area contributed by atoms with Crippen LogP contribution < -0.4 is 0 Å². The Morgan fingerprint density at radius 3 is 2.27 bits per heavy atom. The summed E-state index contributed by atoms with van der Waals surface area (Å²) in [6.07, 6.45) is 2.38. The van der Waals surface area contributed by atoms with Crippen molar-refractivity contribution in [2.45, 2.75) is 52.2 Å². The van der Waals surface area contributed by atoms with Crippen molar-refractivity contribution in [1.82, 2.24) is 4.90 Å². The summed E-state index contributed by atoms with van der Waals surface area (Å²) in [4.78, 5) is 13.2. The predicted molar refractivity (Wildman–Crippen MR) is 61.0 cm³/mol. The molecule has 0 amide bonds. The number of carbonyl (C=O) groups is 1. The van der Waals surface area contributed by atoms with Gasteiger partial charge >= 0.3 is 0 Å². The molecule has 1 aliphatic rings. The Morgan fingerprint density at radius 1 is 1.33 bits per heavy atom. The Morgan fingerprint density at radius 2 is 1.87 bits per heavy atom. The average molecular weight is 213 g/mol. The first-order chi connectivity index (χ1) is 6.89. The second-order valence-electron chi connectivity index (χ2n) is 5.37. The molecule has 1 aliphatic heterocycles. The topological polar surface area (TPSA) is 29.5 Å². The van der Waals surface area contributed by atoms with Gasteiger partial charge in [0.05, 0.1) is 6.10 Å². The maximum atomic E-state index is 10.8. The fourth-order valence-corrected chi connectivity index (χ4v) is 1.93. The number of hydrogen-bond donors (Lipinski definition) is 0. The van der Waals surface area contributed by atoms with Gasteiger partial charge in [-0.25, -0.2) is 0 Å². The molecule has 0 atom stereocenters. The smallest absolute Gasteiger partial charge is 0.155 e. The molecule has 0 aliphatic carbocycles. The van der Waals surface area contributed by atoms with Crippen molar-refractivity contribution < 1.29 is 9.53 Å². The van der Waals surface area contributed by atoms with Gasteiger partial charge in [0, 0.05) is 18.6 Å². The molecule has 0 saturated carbocycles. The molecule has 0 radical (unpaired) electrons. The summed E-state index contributed by atoms with van der Waals surface area (Å²) >= 11 is 0. The quantitative estimate of drug-likeness (QED) is 0.716. The van der Waals surface area contributed by atoms with Crippen LogP contribution in [0.1, 0.15) is 40.5 Å². The van der Waals surface area contributed by atoms with Gasteiger partial charge in [-0.05, 0) is 40.5 Å². The average Bonchev–Trinajstić information content (AvgIpc) is 2.14. The van der Waals surface area contributed by atoms with Crippen molar-refractivity contribution in [2.75, 3.05) is 19.7 Å². The zero-order chi connectivity index (χ0) is 11.5. The minimum Gasteiger partial charge on any atom is -0.370 e.